The standard InChI is InChI=1S/C17H23NO2/c1-11-4-6-12(7-5-11)14-10-13-8-9-15(18(13)2)16(14)17(19)20-3/h4-7,13-16H,8-10H2,1-3H3/t13-,14+,15+,16-/m0/s1. The number of hydrogen-bond acceptors (Lipinski definition) is 3. The van der Waals surface area contributed by atoms with Crippen molar-refractivity contribution in [2.75, 3.05) is 14.2 Å². The lowest BCUT2D eigenvalue weighted by atomic mass is 9.76. The molecule has 1 aromatic carbocycles. The Labute approximate surface area is 120 Å². The van der Waals surface area contributed by atoms with Crippen LogP contribution in [0.2, 0.25) is 0 Å². The normalized spacial score (nSPS) is 33.1. The van der Waals surface area contributed by atoms with Gasteiger partial charge in [-0.25, -0.2) is 0 Å². The first-order valence-electron chi connectivity index (χ1n) is 7.48. The molecule has 0 N–H and O–H groups in total. The smallest absolute Gasteiger partial charge is 0.310 e. The van der Waals surface area contributed by atoms with Crippen LogP contribution >= 0.6 is 0 Å². The van der Waals surface area contributed by atoms with Gasteiger partial charge in [0.25, 0.3) is 0 Å². The van der Waals surface area contributed by atoms with E-state index in [0.29, 0.717) is 18.0 Å². The molecule has 2 aliphatic rings. The van der Waals surface area contributed by atoms with E-state index < -0.39 is 0 Å². The summed E-state index contributed by atoms with van der Waals surface area (Å²) in [6, 6.07) is 9.61. The van der Waals surface area contributed by atoms with Gasteiger partial charge in [-0.15, -0.1) is 0 Å². The van der Waals surface area contributed by atoms with Crippen molar-refractivity contribution in [1.29, 1.82) is 0 Å². The number of hydrogen-bond donors (Lipinski definition) is 0. The lowest BCUT2D eigenvalue weighted by Gasteiger charge is -2.41. The minimum atomic E-state index is -0.0484. The van der Waals surface area contributed by atoms with Crippen molar-refractivity contribution < 1.29 is 9.53 Å². The highest BCUT2D eigenvalue weighted by atomic mass is 16.5. The van der Waals surface area contributed by atoms with Gasteiger partial charge in [0.15, 0.2) is 0 Å². The molecule has 3 rings (SSSR count). The maximum atomic E-state index is 12.3. The molecule has 0 amide bonds. The van der Waals surface area contributed by atoms with Gasteiger partial charge in [0.05, 0.1) is 13.0 Å². The van der Waals surface area contributed by atoms with E-state index in [-0.39, 0.29) is 11.9 Å². The van der Waals surface area contributed by atoms with Crippen LogP contribution in [0.5, 0.6) is 0 Å². The molecule has 0 aromatic heterocycles. The maximum Gasteiger partial charge on any atom is 0.310 e. The van der Waals surface area contributed by atoms with E-state index in [2.05, 4.69) is 43.1 Å². The summed E-state index contributed by atoms with van der Waals surface area (Å²) in [4.78, 5) is 14.7. The molecule has 0 radical (unpaired) electrons. The molecular weight excluding hydrogens is 250 g/mol. The van der Waals surface area contributed by atoms with Crippen molar-refractivity contribution in [2.24, 2.45) is 5.92 Å². The number of piperidine rings is 1. The number of benzene rings is 1. The van der Waals surface area contributed by atoms with E-state index in [4.69, 9.17) is 4.74 Å². The monoisotopic (exact) mass is 273 g/mol. The molecule has 2 aliphatic heterocycles. The molecule has 3 nitrogen and oxygen atoms in total. The summed E-state index contributed by atoms with van der Waals surface area (Å²) < 4.78 is 5.10. The fourth-order valence-corrected chi connectivity index (χ4v) is 4.08. The minimum Gasteiger partial charge on any atom is -0.469 e. The molecule has 0 unspecified atom stereocenters. The van der Waals surface area contributed by atoms with Crippen molar-refractivity contribution in [2.45, 2.75) is 44.2 Å². The van der Waals surface area contributed by atoms with Gasteiger partial charge in [0.1, 0.15) is 0 Å². The summed E-state index contributed by atoms with van der Waals surface area (Å²) >= 11 is 0. The van der Waals surface area contributed by atoms with Crippen molar-refractivity contribution in [3.63, 3.8) is 0 Å². The average molecular weight is 273 g/mol. The van der Waals surface area contributed by atoms with Crippen molar-refractivity contribution in [3.05, 3.63) is 35.4 Å². The van der Waals surface area contributed by atoms with Gasteiger partial charge in [-0.3, -0.25) is 9.69 Å². The van der Waals surface area contributed by atoms with Gasteiger partial charge < -0.3 is 4.74 Å². The molecular formula is C17H23NO2. The summed E-state index contributed by atoms with van der Waals surface area (Å²) in [7, 11) is 3.67. The Morgan fingerprint density at radius 1 is 1.25 bits per heavy atom. The molecule has 3 heteroatoms. The summed E-state index contributed by atoms with van der Waals surface area (Å²) in [5, 5.41) is 0. The predicted octanol–water partition coefficient (Wildman–Crippen LogP) is 2.73. The van der Waals surface area contributed by atoms with Crippen LogP contribution in [0, 0.1) is 12.8 Å². The summed E-state index contributed by atoms with van der Waals surface area (Å²) in [5.74, 6) is 0.232. The lowest BCUT2D eigenvalue weighted by molar-refractivity contribution is -0.150. The second kappa shape index (κ2) is 5.21. The highest BCUT2D eigenvalue weighted by Crippen LogP contribution is 2.46. The number of esters is 1. The number of fused-ring (bicyclic) bond motifs is 2. The second-order valence-corrected chi connectivity index (χ2v) is 6.27. The Balaban J connectivity index is 1.95. The van der Waals surface area contributed by atoms with Crippen molar-refractivity contribution in [3.8, 4) is 0 Å². The van der Waals surface area contributed by atoms with Crippen LogP contribution in [0.25, 0.3) is 0 Å². The first-order valence-corrected chi connectivity index (χ1v) is 7.48. The molecule has 108 valence electrons. The van der Waals surface area contributed by atoms with Crippen molar-refractivity contribution in [1.82, 2.24) is 4.90 Å². The molecule has 0 spiro atoms. The number of carbonyl (C=O) groups excluding carboxylic acids is 1. The molecule has 2 saturated heterocycles. The van der Waals surface area contributed by atoms with Crippen LogP contribution in [-0.4, -0.2) is 37.1 Å². The third-order valence-electron chi connectivity index (χ3n) is 5.25. The Hall–Kier alpha value is -1.35. The van der Waals surface area contributed by atoms with E-state index in [1.807, 2.05) is 0 Å². The lowest BCUT2D eigenvalue weighted by Crippen LogP contribution is -2.49. The molecule has 20 heavy (non-hydrogen) atoms. The quantitative estimate of drug-likeness (QED) is 0.776. The Bertz CT molecular complexity index is 496. The van der Waals surface area contributed by atoms with Gasteiger partial charge in [-0.05, 0) is 38.8 Å². The molecule has 2 fully saturated rings. The van der Waals surface area contributed by atoms with Gasteiger partial charge in [0, 0.05) is 18.0 Å². The zero-order chi connectivity index (χ0) is 14.3. The van der Waals surface area contributed by atoms with E-state index in [1.165, 1.54) is 24.7 Å². The predicted molar refractivity (Wildman–Crippen MR) is 78.6 cm³/mol. The summed E-state index contributed by atoms with van der Waals surface area (Å²) in [5.41, 5.74) is 2.55. The van der Waals surface area contributed by atoms with Crippen LogP contribution in [0.1, 0.15) is 36.3 Å². The maximum absolute atomic E-state index is 12.3. The number of aryl methyl sites for hydroxylation is 1. The molecule has 2 heterocycles. The van der Waals surface area contributed by atoms with Gasteiger partial charge >= 0.3 is 5.97 Å². The van der Waals surface area contributed by atoms with Gasteiger partial charge in [-0.2, -0.15) is 0 Å². The van der Waals surface area contributed by atoms with Crippen LogP contribution in [0.15, 0.2) is 24.3 Å². The molecule has 2 bridgehead atoms. The Morgan fingerprint density at radius 2 is 1.95 bits per heavy atom. The first-order chi connectivity index (χ1) is 9.61. The molecule has 1 aromatic rings. The number of ether oxygens (including phenoxy) is 1. The number of rotatable bonds is 2. The largest absolute Gasteiger partial charge is 0.469 e. The molecule has 0 saturated carbocycles. The number of nitrogens with zero attached hydrogens (tertiary/aromatic N) is 1. The van der Waals surface area contributed by atoms with E-state index in [0.717, 1.165) is 12.8 Å². The van der Waals surface area contributed by atoms with E-state index in [1.54, 1.807) is 0 Å². The zero-order valence-electron chi connectivity index (χ0n) is 12.5. The van der Waals surface area contributed by atoms with E-state index in [9.17, 15) is 4.79 Å². The van der Waals surface area contributed by atoms with Crippen LogP contribution in [0.4, 0.5) is 0 Å². The third kappa shape index (κ3) is 2.14. The average Bonchev–Trinajstić information content (AvgIpc) is 2.70. The Kier molecular flexibility index (Phi) is 3.55. The fourth-order valence-electron chi connectivity index (χ4n) is 4.08. The van der Waals surface area contributed by atoms with Crippen LogP contribution in [0.3, 0.4) is 0 Å². The van der Waals surface area contributed by atoms with E-state index >= 15 is 0 Å². The molecule has 4 atom stereocenters. The first kappa shape index (κ1) is 13.6. The highest BCUT2D eigenvalue weighted by Gasteiger charge is 2.49. The second-order valence-electron chi connectivity index (χ2n) is 6.27. The summed E-state index contributed by atoms with van der Waals surface area (Å²) in [6.07, 6.45) is 3.39. The van der Waals surface area contributed by atoms with Crippen LogP contribution < -0.4 is 0 Å². The highest BCUT2D eigenvalue weighted by molar-refractivity contribution is 5.75. The third-order valence-corrected chi connectivity index (χ3v) is 5.25. The van der Waals surface area contributed by atoms with Crippen LogP contribution in [-0.2, 0) is 9.53 Å². The van der Waals surface area contributed by atoms with Gasteiger partial charge in [0.2, 0.25) is 0 Å². The SMILES string of the molecule is COC(=O)[C@H]1[C@@H](c2ccc(C)cc2)C[C@@H]2CC[C@H]1N2C. The zero-order valence-corrected chi connectivity index (χ0v) is 12.5. The Morgan fingerprint density at radius 3 is 2.60 bits per heavy atom. The van der Waals surface area contributed by atoms with Crippen molar-refractivity contribution >= 4 is 5.97 Å². The van der Waals surface area contributed by atoms with Gasteiger partial charge in [-0.1, -0.05) is 29.8 Å². The topological polar surface area (TPSA) is 29.5 Å². The fraction of sp³-hybridized carbons (Fsp3) is 0.588. The minimum absolute atomic E-state index is 0.0218. The summed E-state index contributed by atoms with van der Waals surface area (Å²) in [6.45, 7) is 2.10. The molecule has 0 aliphatic carbocycles. The number of carbonyl (C=O) groups is 1. The number of methoxy groups -OCH3 is 1.